The molecule has 24 heavy (non-hydrogen) atoms. The van der Waals surface area contributed by atoms with Crippen molar-refractivity contribution in [1.29, 1.82) is 0 Å². The minimum atomic E-state index is -0.494. The first-order valence-corrected chi connectivity index (χ1v) is 10.3. The molecular formula is C18H34O4S2. The SMILES string of the molecule is CCC(CC)(CCC(CC)(CC)OC(=O)CCS)OC(=O)CCS. The number of carbonyl (C=O) groups excluding carboxylic acids is 2. The van der Waals surface area contributed by atoms with E-state index in [-0.39, 0.29) is 11.9 Å². The zero-order chi connectivity index (χ0) is 18.6. The van der Waals surface area contributed by atoms with E-state index in [1.54, 1.807) is 0 Å². The summed E-state index contributed by atoms with van der Waals surface area (Å²) in [5.74, 6) is 0.550. The number of hydrogen-bond donors (Lipinski definition) is 2. The van der Waals surface area contributed by atoms with E-state index in [0.717, 1.165) is 25.7 Å². The summed E-state index contributed by atoms with van der Waals surface area (Å²) in [6, 6.07) is 0. The molecule has 0 spiro atoms. The van der Waals surface area contributed by atoms with E-state index >= 15 is 0 Å². The minimum Gasteiger partial charge on any atom is -0.459 e. The molecule has 0 aromatic rings. The summed E-state index contributed by atoms with van der Waals surface area (Å²) in [6.07, 6.45) is 4.99. The van der Waals surface area contributed by atoms with Crippen molar-refractivity contribution in [1.82, 2.24) is 0 Å². The van der Waals surface area contributed by atoms with Crippen LogP contribution in [0.4, 0.5) is 0 Å². The molecule has 0 aliphatic heterocycles. The second-order valence-electron chi connectivity index (χ2n) is 6.18. The monoisotopic (exact) mass is 378 g/mol. The van der Waals surface area contributed by atoms with Gasteiger partial charge in [0.2, 0.25) is 0 Å². The van der Waals surface area contributed by atoms with Crippen molar-refractivity contribution in [3.8, 4) is 0 Å². The van der Waals surface area contributed by atoms with Crippen LogP contribution in [0.2, 0.25) is 0 Å². The van der Waals surface area contributed by atoms with Gasteiger partial charge in [-0.2, -0.15) is 25.3 Å². The summed E-state index contributed by atoms with van der Waals surface area (Å²) in [5, 5.41) is 0. The molecule has 4 nitrogen and oxygen atoms in total. The van der Waals surface area contributed by atoms with Gasteiger partial charge in [0.15, 0.2) is 0 Å². The highest BCUT2D eigenvalue weighted by Gasteiger charge is 2.37. The van der Waals surface area contributed by atoms with Crippen LogP contribution in [0.25, 0.3) is 0 Å². The normalized spacial score (nSPS) is 12.1. The molecule has 0 rings (SSSR count). The van der Waals surface area contributed by atoms with Crippen molar-refractivity contribution in [2.24, 2.45) is 0 Å². The van der Waals surface area contributed by atoms with Gasteiger partial charge in [-0.1, -0.05) is 27.7 Å². The smallest absolute Gasteiger partial charge is 0.307 e. The molecule has 0 unspecified atom stereocenters. The highest BCUT2D eigenvalue weighted by molar-refractivity contribution is 7.80. The topological polar surface area (TPSA) is 52.6 Å². The molecule has 0 radical (unpaired) electrons. The van der Waals surface area contributed by atoms with Crippen molar-refractivity contribution in [2.75, 3.05) is 11.5 Å². The Morgan fingerprint density at radius 1 is 0.708 bits per heavy atom. The van der Waals surface area contributed by atoms with Gasteiger partial charge in [-0.3, -0.25) is 9.59 Å². The van der Waals surface area contributed by atoms with Crippen molar-refractivity contribution >= 4 is 37.2 Å². The molecule has 0 saturated heterocycles. The van der Waals surface area contributed by atoms with Crippen molar-refractivity contribution in [3.63, 3.8) is 0 Å². The number of thiol groups is 2. The summed E-state index contributed by atoms with van der Waals surface area (Å²) < 4.78 is 11.5. The van der Waals surface area contributed by atoms with E-state index in [0.29, 0.717) is 37.2 Å². The van der Waals surface area contributed by atoms with Crippen LogP contribution in [-0.4, -0.2) is 34.6 Å². The Labute approximate surface area is 158 Å². The Morgan fingerprint density at radius 3 is 1.21 bits per heavy atom. The van der Waals surface area contributed by atoms with Gasteiger partial charge in [0.05, 0.1) is 12.8 Å². The summed E-state index contributed by atoms with van der Waals surface area (Å²) >= 11 is 8.18. The molecule has 0 aliphatic rings. The largest absolute Gasteiger partial charge is 0.459 e. The van der Waals surface area contributed by atoms with Crippen LogP contribution in [0.15, 0.2) is 0 Å². The fourth-order valence-electron chi connectivity index (χ4n) is 2.82. The van der Waals surface area contributed by atoms with Crippen LogP contribution in [0.3, 0.4) is 0 Å². The average Bonchev–Trinajstić information content (AvgIpc) is 2.58. The lowest BCUT2D eigenvalue weighted by molar-refractivity contribution is -0.170. The lowest BCUT2D eigenvalue weighted by atomic mass is 9.83. The molecule has 0 amide bonds. The summed E-state index contributed by atoms with van der Waals surface area (Å²) in [6.45, 7) is 8.13. The Balaban J connectivity index is 5.04. The van der Waals surface area contributed by atoms with Crippen LogP contribution in [0, 0.1) is 0 Å². The van der Waals surface area contributed by atoms with Gasteiger partial charge in [0, 0.05) is 11.5 Å². The zero-order valence-corrected chi connectivity index (χ0v) is 17.4. The predicted octanol–water partition coefficient (Wildman–Crippen LogP) is 4.61. The van der Waals surface area contributed by atoms with Crippen LogP contribution >= 0.6 is 25.3 Å². The first kappa shape index (κ1) is 23.6. The van der Waals surface area contributed by atoms with Gasteiger partial charge in [-0.05, 0) is 38.5 Å². The molecule has 0 bridgehead atoms. The van der Waals surface area contributed by atoms with Gasteiger partial charge in [0.25, 0.3) is 0 Å². The lowest BCUT2D eigenvalue weighted by Crippen LogP contribution is -2.40. The Bertz CT molecular complexity index is 341. The Morgan fingerprint density at radius 2 is 1.00 bits per heavy atom. The number of ether oxygens (including phenoxy) is 2. The molecule has 142 valence electrons. The van der Waals surface area contributed by atoms with Crippen molar-refractivity contribution in [3.05, 3.63) is 0 Å². The Kier molecular flexibility index (Phi) is 11.9. The van der Waals surface area contributed by atoms with Crippen molar-refractivity contribution in [2.45, 2.75) is 90.3 Å². The fraction of sp³-hybridized carbons (Fsp3) is 0.889. The minimum absolute atomic E-state index is 0.209. The maximum absolute atomic E-state index is 11.9. The quantitative estimate of drug-likeness (QED) is 0.363. The van der Waals surface area contributed by atoms with Gasteiger partial charge in [0.1, 0.15) is 11.2 Å². The van der Waals surface area contributed by atoms with Gasteiger partial charge >= 0.3 is 11.9 Å². The summed E-state index contributed by atoms with van der Waals surface area (Å²) in [7, 11) is 0. The third-order valence-electron chi connectivity index (χ3n) is 4.91. The third-order valence-corrected chi connectivity index (χ3v) is 5.35. The molecule has 0 saturated carbocycles. The summed E-state index contributed by atoms with van der Waals surface area (Å²) in [4.78, 5) is 23.9. The third kappa shape index (κ3) is 7.68. The second kappa shape index (κ2) is 12.1. The first-order valence-electron chi connectivity index (χ1n) is 9.01. The van der Waals surface area contributed by atoms with E-state index in [1.165, 1.54) is 0 Å². The van der Waals surface area contributed by atoms with Crippen molar-refractivity contribution < 1.29 is 19.1 Å². The zero-order valence-electron chi connectivity index (χ0n) is 15.6. The highest BCUT2D eigenvalue weighted by Crippen LogP contribution is 2.34. The molecule has 0 heterocycles. The Hall–Kier alpha value is -0.360. The van der Waals surface area contributed by atoms with Crippen LogP contribution in [-0.2, 0) is 19.1 Å². The van der Waals surface area contributed by atoms with E-state index in [9.17, 15) is 9.59 Å². The lowest BCUT2D eigenvalue weighted by Gasteiger charge is -2.37. The van der Waals surface area contributed by atoms with Gasteiger partial charge in [-0.25, -0.2) is 0 Å². The van der Waals surface area contributed by atoms with Crippen LogP contribution in [0.5, 0.6) is 0 Å². The molecular weight excluding hydrogens is 344 g/mol. The standard InChI is InChI=1S/C18H34O4S2/c1-5-17(6-2,21-15(19)9-13-23)11-12-18(7-3,8-4)22-16(20)10-14-24/h23-24H,5-14H2,1-4H3. The molecule has 0 aliphatic carbocycles. The molecule has 0 aromatic carbocycles. The van der Waals surface area contributed by atoms with Crippen LogP contribution < -0.4 is 0 Å². The fourth-order valence-corrected chi connectivity index (χ4v) is 3.19. The maximum Gasteiger partial charge on any atom is 0.307 e. The number of hydrogen-bond acceptors (Lipinski definition) is 6. The van der Waals surface area contributed by atoms with E-state index in [4.69, 9.17) is 9.47 Å². The summed E-state index contributed by atoms with van der Waals surface area (Å²) in [5.41, 5.74) is -0.989. The van der Waals surface area contributed by atoms with E-state index in [1.807, 2.05) is 27.7 Å². The molecule has 0 N–H and O–H groups in total. The molecule has 0 fully saturated rings. The number of esters is 2. The van der Waals surface area contributed by atoms with Gasteiger partial charge < -0.3 is 9.47 Å². The van der Waals surface area contributed by atoms with Crippen LogP contribution in [0.1, 0.15) is 79.1 Å². The number of rotatable bonds is 13. The maximum atomic E-state index is 11.9. The molecule has 0 atom stereocenters. The number of carbonyl (C=O) groups is 2. The average molecular weight is 379 g/mol. The van der Waals surface area contributed by atoms with Gasteiger partial charge in [-0.15, -0.1) is 0 Å². The predicted molar refractivity (Wildman–Crippen MR) is 105 cm³/mol. The highest BCUT2D eigenvalue weighted by atomic mass is 32.1. The first-order chi connectivity index (χ1) is 11.4. The van der Waals surface area contributed by atoms with E-state index < -0.39 is 11.2 Å². The second-order valence-corrected chi connectivity index (χ2v) is 7.07. The van der Waals surface area contributed by atoms with E-state index in [2.05, 4.69) is 25.3 Å². The molecule has 0 aromatic heterocycles. The molecule has 6 heteroatoms.